The lowest BCUT2D eigenvalue weighted by Crippen LogP contribution is -2.03. The molecule has 23 heavy (non-hydrogen) atoms. The molecule has 0 atom stereocenters. The Bertz CT molecular complexity index is 665. The lowest BCUT2D eigenvalue weighted by Gasteiger charge is -2.14. The maximum Gasteiger partial charge on any atom is 0.162 e. The van der Waals surface area contributed by atoms with Gasteiger partial charge in [-0.3, -0.25) is 0 Å². The van der Waals surface area contributed by atoms with Crippen molar-refractivity contribution < 1.29 is 18.9 Å². The third-order valence-electron chi connectivity index (χ3n) is 3.21. The van der Waals surface area contributed by atoms with E-state index < -0.39 is 0 Å². The maximum atomic E-state index is 9.26. The van der Waals surface area contributed by atoms with Crippen LogP contribution in [0.15, 0.2) is 42.5 Å². The second kappa shape index (κ2) is 8.79. The number of rotatable bonds is 8. The van der Waals surface area contributed by atoms with E-state index in [1.807, 2.05) is 30.3 Å². The summed E-state index contributed by atoms with van der Waals surface area (Å²) in [5, 5.41) is 9.26. The van der Waals surface area contributed by atoms with Crippen molar-refractivity contribution in [1.29, 1.82) is 5.26 Å². The molecule has 5 nitrogen and oxygen atoms in total. The number of benzene rings is 2. The number of hydrogen-bond donors (Lipinski definition) is 0. The number of methoxy groups -OCH3 is 2. The van der Waals surface area contributed by atoms with Gasteiger partial charge in [-0.2, -0.15) is 5.26 Å². The van der Waals surface area contributed by atoms with Crippen molar-refractivity contribution in [2.75, 3.05) is 21.0 Å². The number of nitriles is 1. The van der Waals surface area contributed by atoms with Crippen LogP contribution in [0.4, 0.5) is 0 Å². The third kappa shape index (κ3) is 4.71. The molecule has 0 aliphatic carbocycles. The van der Waals surface area contributed by atoms with Crippen LogP contribution in [-0.4, -0.2) is 21.0 Å². The van der Waals surface area contributed by atoms with E-state index in [1.54, 1.807) is 26.4 Å². The molecule has 2 aromatic rings. The van der Waals surface area contributed by atoms with Crippen LogP contribution < -0.4 is 9.47 Å². The standard InChI is InChI=1S/C18H19NO4/c1-20-13-22-12-16-9-18(17(21-2)8-15(16)10-19)23-11-14-6-4-3-5-7-14/h3-9H,11-13H2,1-2H3. The number of hydrogen-bond acceptors (Lipinski definition) is 5. The summed E-state index contributed by atoms with van der Waals surface area (Å²) in [4.78, 5) is 0. The SMILES string of the molecule is COCOCc1cc(OCc2ccccc2)c(OC)cc1C#N. The van der Waals surface area contributed by atoms with E-state index in [0.29, 0.717) is 23.7 Å². The highest BCUT2D eigenvalue weighted by Gasteiger charge is 2.12. The molecule has 0 aromatic heterocycles. The normalized spacial score (nSPS) is 10.1. The van der Waals surface area contributed by atoms with Crippen molar-refractivity contribution in [3.8, 4) is 17.6 Å². The van der Waals surface area contributed by atoms with Crippen molar-refractivity contribution in [1.82, 2.24) is 0 Å². The zero-order chi connectivity index (χ0) is 16.5. The van der Waals surface area contributed by atoms with Crippen LogP contribution >= 0.6 is 0 Å². The monoisotopic (exact) mass is 313 g/mol. The first-order chi connectivity index (χ1) is 11.3. The number of ether oxygens (including phenoxy) is 4. The minimum atomic E-state index is 0.164. The highest BCUT2D eigenvalue weighted by Crippen LogP contribution is 2.31. The van der Waals surface area contributed by atoms with Gasteiger partial charge < -0.3 is 18.9 Å². The summed E-state index contributed by atoms with van der Waals surface area (Å²) in [5.74, 6) is 1.10. The minimum Gasteiger partial charge on any atom is -0.493 e. The average molecular weight is 313 g/mol. The summed E-state index contributed by atoms with van der Waals surface area (Å²) in [7, 11) is 3.10. The van der Waals surface area contributed by atoms with Crippen LogP contribution in [0, 0.1) is 11.3 Å². The Balaban J connectivity index is 2.19. The topological polar surface area (TPSA) is 60.7 Å². The van der Waals surface area contributed by atoms with E-state index in [2.05, 4.69) is 6.07 Å². The van der Waals surface area contributed by atoms with Gasteiger partial charge in [-0.25, -0.2) is 0 Å². The zero-order valence-electron chi connectivity index (χ0n) is 13.2. The zero-order valence-corrected chi connectivity index (χ0v) is 13.2. The second-order valence-electron chi connectivity index (χ2n) is 4.80. The predicted molar refractivity (Wildman–Crippen MR) is 85.1 cm³/mol. The van der Waals surface area contributed by atoms with Gasteiger partial charge in [0, 0.05) is 13.2 Å². The van der Waals surface area contributed by atoms with E-state index in [4.69, 9.17) is 18.9 Å². The lowest BCUT2D eigenvalue weighted by atomic mass is 10.1. The first kappa shape index (κ1) is 16.8. The van der Waals surface area contributed by atoms with Crippen molar-refractivity contribution in [3.05, 3.63) is 59.2 Å². The largest absolute Gasteiger partial charge is 0.493 e. The summed E-state index contributed by atoms with van der Waals surface area (Å²) in [6.45, 7) is 0.848. The summed E-state index contributed by atoms with van der Waals surface area (Å²) >= 11 is 0. The van der Waals surface area contributed by atoms with Crippen LogP contribution in [0.3, 0.4) is 0 Å². The van der Waals surface area contributed by atoms with Crippen molar-refractivity contribution in [3.63, 3.8) is 0 Å². The van der Waals surface area contributed by atoms with Gasteiger partial charge in [0.05, 0.1) is 25.3 Å². The van der Waals surface area contributed by atoms with Crippen LogP contribution in [0.25, 0.3) is 0 Å². The molecule has 0 saturated carbocycles. The summed E-state index contributed by atoms with van der Waals surface area (Å²) < 4.78 is 21.3. The first-order valence-electron chi connectivity index (χ1n) is 7.13. The molecule has 0 heterocycles. The van der Waals surface area contributed by atoms with Crippen LogP contribution in [0.2, 0.25) is 0 Å². The van der Waals surface area contributed by atoms with Gasteiger partial charge in [0.15, 0.2) is 11.5 Å². The Morgan fingerprint density at radius 3 is 2.43 bits per heavy atom. The molecule has 5 heteroatoms. The molecule has 0 spiro atoms. The molecule has 0 bridgehead atoms. The van der Waals surface area contributed by atoms with E-state index in [9.17, 15) is 5.26 Å². The number of nitrogens with zero attached hydrogens (tertiary/aromatic N) is 1. The summed E-state index contributed by atoms with van der Waals surface area (Å²) in [6.07, 6.45) is 0. The average Bonchev–Trinajstić information content (AvgIpc) is 2.61. The van der Waals surface area contributed by atoms with Gasteiger partial charge in [0.1, 0.15) is 13.4 Å². The van der Waals surface area contributed by atoms with E-state index in [0.717, 1.165) is 11.1 Å². The molecule has 2 aromatic carbocycles. The van der Waals surface area contributed by atoms with Crippen molar-refractivity contribution in [2.45, 2.75) is 13.2 Å². The molecule has 120 valence electrons. The second-order valence-corrected chi connectivity index (χ2v) is 4.80. The Morgan fingerprint density at radius 2 is 1.78 bits per heavy atom. The molecular formula is C18H19NO4. The van der Waals surface area contributed by atoms with Crippen molar-refractivity contribution in [2.24, 2.45) is 0 Å². The van der Waals surface area contributed by atoms with Crippen LogP contribution in [0.1, 0.15) is 16.7 Å². The van der Waals surface area contributed by atoms with Gasteiger partial charge in [-0.05, 0) is 17.2 Å². The molecule has 0 N–H and O–H groups in total. The van der Waals surface area contributed by atoms with Crippen LogP contribution in [-0.2, 0) is 22.7 Å². The molecular weight excluding hydrogens is 294 g/mol. The minimum absolute atomic E-state index is 0.164. The van der Waals surface area contributed by atoms with Gasteiger partial charge in [0.2, 0.25) is 0 Å². The molecule has 0 saturated heterocycles. The lowest BCUT2D eigenvalue weighted by molar-refractivity contribution is -0.0391. The molecule has 0 aliphatic rings. The quantitative estimate of drug-likeness (QED) is 0.553. The fourth-order valence-corrected chi connectivity index (χ4v) is 2.07. The van der Waals surface area contributed by atoms with Crippen molar-refractivity contribution >= 4 is 0 Å². The Kier molecular flexibility index (Phi) is 6.42. The highest BCUT2D eigenvalue weighted by molar-refractivity contribution is 5.51. The molecule has 0 unspecified atom stereocenters. The fourth-order valence-electron chi connectivity index (χ4n) is 2.07. The summed E-state index contributed by atoms with van der Waals surface area (Å²) in [5.41, 5.74) is 2.27. The molecule has 0 radical (unpaired) electrons. The third-order valence-corrected chi connectivity index (χ3v) is 3.21. The van der Waals surface area contributed by atoms with E-state index >= 15 is 0 Å². The smallest absolute Gasteiger partial charge is 0.162 e. The van der Waals surface area contributed by atoms with Gasteiger partial charge in [-0.1, -0.05) is 30.3 Å². The highest BCUT2D eigenvalue weighted by atomic mass is 16.7. The van der Waals surface area contributed by atoms with Gasteiger partial charge >= 0.3 is 0 Å². The molecule has 0 aliphatic heterocycles. The maximum absolute atomic E-state index is 9.26. The van der Waals surface area contributed by atoms with Gasteiger partial charge in [-0.15, -0.1) is 0 Å². The van der Waals surface area contributed by atoms with E-state index in [1.165, 1.54) is 0 Å². The van der Waals surface area contributed by atoms with Crippen LogP contribution in [0.5, 0.6) is 11.5 Å². The van der Waals surface area contributed by atoms with E-state index in [-0.39, 0.29) is 13.4 Å². The molecule has 0 amide bonds. The Morgan fingerprint density at radius 1 is 1.00 bits per heavy atom. The summed E-state index contributed by atoms with van der Waals surface area (Å²) in [6, 6.07) is 15.4. The molecule has 0 fully saturated rings. The Hall–Kier alpha value is -2.55. The predicted octanol–water partition coefficient (Wildman–Crippen LogP) is 3.27. The van der Waals surface area contributed by atoms with Gasteiger partial charge in [0.25, 0.3) is 0 Å². The fraction of sp³-hybridized carbons (Fsp3) is 0.278. The Labute approximate surface area is 136 Å². The first-order valence-corrected chi connectivity index (χ1v) is 7.13. The molecule has 2 rings (SSSR count).